The summed E-state index contributed by atoms with van der Waals surface area (Å²) in [5.41, 5.74) is 2.77. The zero-order chi connectivity index (χ0) is 26.7. The molecule has 0 bridgehead atoms. The third-order valence-electron chi connectivity index (χ3n) is 7.96. The standard InChI is InChI=1S/C29H27BCl2N2O4/c1-28(13-37-14-28)15-38-24-8-5-17(30)10-20(24)26-29(21-7-6-19(32)11-23(21)33-27(29)36)22(12-25(35)34-26)16-3-2-4-18(31)9-16/h2-11,22,26H,12-15,30H2,1H3,(H,33,36)(H,34,35)/t22-,26+,29-/m0/s1. The van der Waals surface area contributed by atoms with Crippen LogP contribution in [0.5, 0.6) is 5.75 Å². The number of halogens is 2. The van der Waals surface area contributed by atoms with E-state index in [9.17, 15) is 9.59 Å². The van der Waals surface area contributed by atoms with Gasteiger partial charge in [-0.05, 0) is 41.5 Å². The van der Waals surface area contributed by atoms with E-state index in [4.69, 9.17) is 32.7 Å². The van der Waals surface area contributed by atoms with Crippen LogP contribution in [0.15, 0.2) is 60.7 Å². The molecule has 3 aromatic rings. The molecule has 2 amide bonds. The summed E-state index contributed by atoms with van der Waals surface area (Å²) in [5, 5.41) is 7.33. The Labute approximate surface area is 232 Å². The third kappa shape index (κ3) is 4.08. The first-order valence-corrected chi connectivity index (χ1v) is 13.4. The summed E-state index contributed by atoms with van der Waals surface area (Å²) in [6.45, 7) is 3.85. The Morgan fingerprint density at radius 2 is 1.84 bits per heavy atom. The van der Waals surface area contributed by atoms with E-state index < -0.39 is 17.4 Å². The fourth-order valence-corrected chi connectivity index (χ4v) is 6.45. The Bertz CT molecular complexity index is 1460. The van der Waals surface area contributed by atoms with E-state index in [0.717, 1.165) is 22.2 Å². The molecule has 0 aliphatic carbocycles. The van der Waals surface area contributed by atoms with Gasteiger partial charge in [-0.3, -0.25) is 9.59 Å². The van der Waals surface area contributed by atoms with E-state index in [1.807, 2.05) is 50.3 Å². The molecule has 9 heteroatoms. The highest BCUT2D eigenvalue weighted by Gasteiger charge is 2.61. The number of ether oxygens (including phenoxy) is 2. The molecule has 38 heavy (non-hydrogen) atoms. The van der Waals surface area contributed by atoms with Crippen LogP contribution >= 0.6 is 23.2 Å². The molecule has 3 heterocycles. The fourth-order valence-electron chi connectivity index (χ4n) is 6.08. The number of piperidine rings is 1. The normalized spacial score (nSPS) is 25.3. The average Bonchev–Trinajstić information content (AvgIpc) is 3.14. The third-order valence-corrected chi connectivity index (χ3v) is 8.43. The van der Waals surface area contributed by atoms with Crippen molar-refractivity contribution in [1.82, 2.24) is 5.32 Å². The van der Waals surface area contributed by atoms with Crippen molar-refractivity contribution in [3.63, 3.8) is 0 Å². The van der Waals surface area contributed by atoms with Gasteiger partial charge in [-0.1, -0.05) is 65.9 Å². The molecule has 0 saturated carbocycles. The predicted molar refractivity (Wildman–Crippen MR) is 150 cm³/mol. The Hall–Kier alpha value is -3.00. The maximum absolute atomic E-state index is 14.3. The minimum Gasteiger partial charge on any atom is -0.492 e. The number of benzene rings is 3. The fraction of sp³-hybridized carbons (Fsp3) is 0.310. The topological polar surface area (TPSA) is 76.7 Å². The van der Waals surface area contributed by atoms with Crippen molar-refractivity contribution in [3.05, 3.63) is 87.4 Å². The molecular formula is C29H27BCl2N2O4. The van der Waals surface area contributed by atoms with Crippen LogP contribution in [0.2, 0.25) is 10.0 Å². The number of anilines is 1. The number of hydrogen-bond acceptors (Lipinski definition) is 4. The monoisotopic (exact) mass is 548 g/mol. The SMILES string of the molecule is Bc1ccc(OCC2(C)COC2)c([C@H]2NC(=O)C[C@@H](c3cccc(Cl)c3)[C@]23C(=O)Nc2cc(Cl)ccc23)c1. The van der Waals surface area contributed by atoms with Gasteiger partial charge in [-0.15, -0.1) is 0 Å². The number of rotatable bonds is 5. The lowest BCUT2D eigenvalue weighted by atomic mass is 9.59. The number of carbonyl (C=O) groups excluding carboxylic acids is 2. The first kappa shape index (κ1) is 25.3. The van der Waals surface area contributed by atoms with Gasteiger partial charge >= 0.3 is 0 Å². The van der Waals surface area contributed by atoms with Gasteiger partial charge in [-0.2, -0.15) is 0 Å². The second-order valence-electron chi connectivity index (χ2n) is 11.0. The van der Waals surface area contributed by atoms with Crippen LogP contribution in [0.1, 0.15) is 42.0 Å². The summed E-state index contributed by atoms with van der Waals surface area (Å²) in [6, 6.07) is 18.1. The zero-order valence-corrected chi connectivity index (χ0v) is 22.7. The summed E-state index contributed by atoms with van der Waals surface area (Å²) in [7, 11) is 1.99. The summed E-state index contributed by atoms with van der Waals surface area (Å²) in [6.07, 6.45) is 0.129. The van der Waals surface area contributed by atoms with E-state index >= 15 is 0 Å². The smallest absolute Gasteiger partial charge is 0.238 e. The molecule has 2 fully saturated rings. The quantitative estimate of drug-likeness (QED) is 0.474. The zero-order valence-electron chi connectivity index (χ0n) is 21.1. The van der Waals surface area contributed by atoms with Crippen molar-refractivity contribution in [2.24, 2.45) is 5.41 Å². The van der Waals surface area contributed by atoms with Crippen molar-refractivity contribution in [1.29, 1.82) is 0 Å². The molecule has 6 rings (SSSR count). The maximum atomic E-state index is 14.3. The summed E-state index contributed by atoms with van der Waals surface area (Å²) in [5.74, 6) is -0.187. The van der Waals surface area contributed by atoms with E-state index in [2.05, 4.69) is 17.6 Å². The van der Waals surface area contributed by atoms with Crippen LogP contribution in [0.3, 0.4) is 0 Å². The molecular weight excluding hydrogens is 522 g/mol. The van der Waals surface area contributed by atoms with Gasteiger partial charge in [0, 0.05) is 39.0 Å². The largest absolute Gasteiger partial charge is 0.492 e. The minimum absolute atomic E-state index is 0.0763. The summed E-state index contributed by atoms with van der Waals surface area (Å²) in [4.78, 5) is 27.6. The number of carbonyl (C=O) groups is 2. The van der Waals surface area contributed by atoms with E-state index in [0.29, 0.717) is 41.3 Å². The molecule has 3 atom stereocenters. The summed E-state index contributed by atoms with van der Waals surface area (Å²) < 4.78 is 11.8. The van der Waals surface area contributed by atoms with Gasteiger partial charge in [0.2, 0.25) is 11.8 Å². The van der Waals surface area contributed by atoms with Crippen LogP contribution in [0, 0.1) is 5.41 Å². The molecule has 0 unspecified atom stereocenters. The number of fused-ring (bicyclic) bond motifs is 2. The Morgan fingerprint density at radius 3 is 2.58 bits per heavy atom. The van der Waals surface area contributed by atoms with Crippen molar-refractivity contribution in [3.8, 4) is 5.75 Å². The van der Waals surface area contributed by atoms with Gasteiger partial charge in [0.25, 0.3) is 0 Å². The van der Waals surface area contributed by atoms with Crippen molar-refractivity contribution >= 4 is 54.0 Å². The minimum atomic E-state index is -1.16. The summed E-state index contributed by atoms with van der Waals surface area (Å²) >= 11 is 12.7. The molecule has 194 valence electrons. The van der Waals surface area contributed by atoms with Crippen LogP contribution in [0.4, 0.5) is 5.69 Å². The molecule has 0 radical (unpaired) electrons. The molecule has 6 nitrogen and oxygen atoms in total. The lowest BCUT2D eigenvalue weighted by Crippen LogP contribution is -2.57. The van der Waals surface area contributed by atoms with Gasteiger partial charge in [0.15, 0.2) is 0 Å². The van der Waals surface area contributed by atoms with Crippen LogP contribution < -0.4 is 20.8 Å². The van der Waals surface area contributed by atoms with Crippen LogP contribution in [-0.2, 0) is 19.7 Å². The molecule has 3 aliphatic rings. The van der Waals surface area contributed by atoms with Crippen molar-refractivity contribution in [2.75, 3.05) is 25.1 Å². The van der Waals surface area contributed by atoms with E-state index in [-0.39, 0.29) is 23.7 Å². The van der Waals surface area contributed by atoms with E-state index in [1.54, 1.807) is 18.2 Å². The van der Waals surface area contributed by atoms with Gasteiger partial charge in [0.1, 0.15) is 19.0 Å². The molecule has 2 saturated heterocycles. The lowest BCUT2D eigenvalue weighted by Gasteiger charge is -2.47. The Balaban J connectivity index is 1.56. The highest BCUT2D eigenvalue weighted by atomic mass is 35.5. The Morgan fingerprint density at radius 1 is 1.05 bits per heavy atom. The molecule has 2 N–H and O–H groups in total. The number of amides is 2. The van der Waals surface area contributed by atoms with Crippen LogP contribution in [0.25, 0.3) is 0 Å². The van der Waals surface area contributed by atoms with Crippen molar-refractivity contribution < 1.29 is 19.1 Å². The van der Waals surface area contributed by atoms with Gasteiger partial charge < -0.3 is 20.1 Å². The Kier molecular flexibility index (Phi) is 6.21. The van der Waals surface area contributed by atoms with Crippen molar-refractivity contribution in [2.45, 2.75) is 30.7 Å². The molecule has 3 aromatic carbocycles. The molecule has 3 aliphatic heterocycles. The lowest BCUT2D eigenvalue weighted by molar-refractivity contribution is -0.131. The average molecular weight is 549 g/mol. The second kappa shape index (κ2) is 9.33. The number of hydrogen-bond donors (Lipinski definition) is 2. The first-order valence-electron chi connectivity index (χ1n) is 12.7. The highest BCUT2D eigenvalue weighted by molar-refractivity contribution is 6.32. The highest BCUT2D eigenvalue weighted by Crippen LogP contribution is 2.58. The molecule has 0 aromatic heterocycles. The second-order valence-corrected chi connectivity index (χ2v) is 11.8. The first-order chi connectivity index (χ1) is 18.2. The maximum Gasteiger partial charge on any atom is 0.238 e. The van der Waals surface area contributed by atoms with Gasteiger partial charge in [0.05, 0.1) is 25.9 Å². The number of nitrogens with one attached hydrogen (secondary N) is 2. The van der Waals surface area contributed by atoms with Gasteiger partial charge in [-0.25, -0.2) is 0 Å². The molecule has 1 spiro atoms. The van der Waals surface area contributed by atoms with Crippen LogP contribution in [-0.4, -0.2) is 39.5 Å². The van der Waals surface area contributed by atoms with E-state index in [1.165, 1.54) is 0 Å². The predicted octanol–water partition coefficient (Wildman–Crippen LogP) is 3.90.